The number of aliphatic imine (C=N–C) groups is 1. The van der Waals surface area contributed by atoms with Crippen LogP contribution in [0.1, 0.15) is 30.0 Å². The molecule has 2 N–H and O–H groups in total. The Bertz CT molecular complexity index is 578. The number of guanidine groups is 1. The van der Waals surface area contributed by atoms with E-state index in [0.29, 0.717) is 12.0 Å². The minimum absolute atomic E-state index is 0.0537. The Morgan fingerprint density at radius 2 is 2.26 bits per heavy atom. The predicted molar refractivity (Wildman–Crippen MR) is 70.1 cm³/mol. The molecular formula is C14H15N3O2. The van der Waals surface area contributed by atoms with Crippen molar-refractivity contribution in [2.45, 2.75) is 31.3 Å². The third-order valence-corrected chi connectivity index (χ3v) is 3.70. The number of nitrogens with one attached hydrogen (secondary N) is 2. The number of benzene rings is 1. The number of hydrogen-bond acceptors (Lipinski definition) is 4. The Hall–Kier alpha value is -2.04. The van der Waals surface area contributed by atoms with Gasteiger partial charge in [-0.15, -0.1) is 0 Å². The molecule has 1 atom stereocenters. The van der Waals surface area contributed by atoms with Crippen LogP contribution >= 0.6 is 0 Å². The smallest absolute Gasteiger partial charge is 0.256 e. The minimum Gasteiger partial charge on any atom is -0.493 e. The van der Waals surface area contributed by atoms with Crippen LogP contribution in [0.15, 0.2) is 23.2 Å². The molecule has 0 saturated heterocycles. The average molecular weight is 257 g/mol. The van der Waals surface area contributed by atoms with Crippen LogP contribution < -0.4 is 15.4 Å². The molecule has 1 unspecified atom stereocenters. The number of fused-ring (bicyclic) bond motifs is 1. The van der Waals surface area contributed by atoms with Gasteiger partial charge in [-0.25, -0.2) is 4.99 Å². The molecule has 98 valence electrons. The highest BCUT2D eigenvalue weighted by Crippen LogP contribution is 2.30. The van der Waals surface area contributed by atoms with Crippen molar-refractivity contribution in [3.8, 4) is 5.75 Å². The van der Waals surface area contributed by atoms with Gasteiger partial charge in [0.05, 0.1) is 6.61 Å². The van der Waals surface area contributed by atoms with Crippen molar-refractivity contribution in [1.82, 2.24) is 10.6 Å². The Morgan fingerprint density at radius 3 is 3.11 bits per heavy atom. The molecule has 3 aliphatic rings. The third-order valence-electron chi connectivity index (χ3n) is 3.70. The first-order valence-corrected chi connectivity index (χ1v) is 6.70. The van der Waals surface area contributed by atoms with Gasteiger partial charge in [0.1, 0.15) is 5.75 Å². The fourth-order valence-electron chi connectivity index (χ4n) is 2.50. The molecule has 0 radical (unpaired) electrons. The minimum atomic E-state index is -0.424. The summed E-state index contributed by atoms with van der Waals surface area (Å²) in [5, 5.41) is 6.04. The molecule has 0 spiro atoms. The van der Waals surface area contributed by atoms with E-state index in [0.717, 1.165) is 37.2 Å². The molecule has 0 bridgehead atoms. The summed E-state index contributed by atoms with van der Waals surface area (Å²) in [7, 11) is 0. The summed E-state index contributed by atoms with van der Waals surface area (Å²) < 4.78 is 5.48. The van der Waals surface area contributed by atoms with E-state index in [2.05, 4.69) is 15.6 Å². The van der Waals surface area contributed by atoms with Crippen molar-refractivity contribution in [2.75, 3.05) is 6.61 Å². The highest BCUT2D eigenvalue weighted by molar-refractivity contribution is 6.05. The van der Waals surface area contributed by atoms with E-state index in [9.17, 15) is 4.79 Å². The second-order valence-corrected chi connectivity index (χ2v) is 5.25. The lowest BCUT2D eigenvalue weighted by atomic mass is 10.0. The fraction of sp³-hybridized carbons (Fsp3) is 0.429. The zero-order chi connectivity index (χ0) is 12.8. The average Bonchev–Trinajstić information content (AvgIpc) is 2.96. The van der Waals surface area contributed by atoms with Crippen molar-refractivity contribution in [1.29, 1.82) is 0 Å². The second-order valence-electron chi connectivity index (χ2n) is 5.25. The Labute approximate surface area is 111 Å². The standard InChI is InChI=1S/C14H15N3O2/c18-13-12(16-14(17-13)15-10-2-3-10)9-1-4-11-8(7-9)5-6-19-11/h1,4,7,10,12H,2-3,5-6H2,(H2,15,16,17,18). The number of amides is 1. The van der Waals surface area contributed by atoms with E-state index in [-0.39, 0.29) is 5.91 Å². The van der Waals surface area contributed by atoms with Crippen molar-refractivity contribution in [2.24, 2.45) is 4.99 Å². The Morgan fingerprint density at radius 1 is 1.37 bits per heavy atom. The molecule has 1 aromatic carbocycles. The summed E-state index contributed by atoms with van der Waals surface area (Å²) in [4.78, 5) is 16.4. The van der Waals surface area contributed by atoms with Crippen molar-refractivity contribution >= 4 is 11.9 Å². The van der Waals surface area contributed by atoms with Crippen LogP contribution in [0, 0.1) is 0 Å². The number of carbonyl (C=O) groups is 1. The van der Waals surface area contributed by atoms with Gasteiger partial charge in [-0.05, 0) is 36.1 Å². The van der Waals surface area contributed by atoms with E-state index in [4.69, 9.17) is 4.74 Å². The van der Waals surface area contributed by atoms with Crippen LogP contribution in [0.25, 0.3) is 0 Å². The van der Waals surface area contributed by atoms with Gasteiger partial charge >= 0.3 is 0 Å². The third kappa shape index (κ3) is 1.95. The first kappa shape index (κ1) is 10.8. The van der Waals surface area contributed by atoms with Gasteiger partial charge < -0.3 is 10.1 Å². The molecule has 1 aliphatic carbocycles. The van der Waals surface area contributed by atoms with Crippen LogP contribution in [-0.2, 0) is 11.2 Å². The highest BCUT2D eigenvalue weighted by atomic mass is 16.5. The SMILES string of the molecule is O=C1NC(NC2CC2)=NC1c1ccc2c(c1)CCO2. The topological polar surface area (TPSA) is 62.7 Å². The van der Waals surface area contributed by atoms with Gasteiger partial charge in [-0.1, -0.05) is 6.07 Å². The summed E-state index contributed by atoms with van der Waals surface area (Å²) >= 11 is 0. The number of hydrogen-bond donors (Lipinski definition) is 2. The van der Waals surface area contributed by atoms with Crippen molar-refractivity contribution in [3.63, 3.8) is 0 Å². The van der Waals surface area contributed by atoms with Crippen LogP contribution in [0.2, 0.25) is 0 Å². The number of rotatable bonds is 2. The van der Waals surface area contributed by atoms with Gasteiger partial charge in [0.2, 0.25) is 0 Å². The van der Waals surface area contributed by atoms with E-state index < -0.39 is 6.04 Å². The molecule has 5 nitrogen and oxygen atoms in total. The monoisotopic (exact) mass is 257 g/mol. The first-order chi connectivity index (χ1) is 9.29. The normalized spacial score (nSPS) is 24.5. The Balaban J connectivity index is 1.60. The first-order valence-electron chi connectivity index (χ1n) is 6.70. The lowest BCUT2D eigenvalue weighted by molar-refractivity contribution is -0.120. The lowest BCUT2D eigenvalue weighted by Crippen LogP contribution is -2.37. The second kappa shape index (κ2) is 3.98. The zero-order valence-electron chi connectivity index (χ0n) is 10.5. The maximum atomic E-state index is 12.0. The fourth-order valence-corrected chi connectivity index (χ4v) is 2.50. The van der Waals surface area contributed by atoms with Gasteiger partial charge in [0.25, 0.3) is 5.91 Å². The van der Waals surface area contributed by atoms with E-state index >= 15 is 0 Å². The molecule has 1 fully saturated rings. The number of carbonyl (C=O) groups excluding carboxylic acids is 1. The molecule has 5 heteroatoms. The van der Waals surface area contributed by atoms with Gasteiger partial charge in [-0.3, -0.25) is 10.1 Å². The quantitative estimate of drug-likeness (QED) is 0.827. The molecule has 1 amide bonds. The van der Waals surface area contributed by atoms with Crippen LogP contribution in [0.5, 0.6) is 5.75 Å². The number of nitrogens with zero attached hydrogens (tertiary/aromatic N) is 1. The maximum Gasteiger partial charge on any atom is 0.256 e. The van der Waals surface area contributed by atoms with Crippen LogP contribution in [-0.4, -0.2) is 24.5 Å². The maximum absolute atomic E-state index is 12.0. The molecule has 2 heterocycles. The summed E-state index contributed by atoms with van der Waals surface area (Å²) in [6.07, 6.45) is 3.24. The molecule has 4 rings (SSSR count). The summed E-state index contributed by atoms with van der Waals surface area (Å²) in [5.74, 6) is 1.50. The Kier molecular flexibility index (Phi) is 2.27. The van der Waals surface area contributed by atoms with E-state index in [1.807, 2.05) is 18.2 Å². The van der Waals surface area contributed by atoms with Crippen LogP contribution in [0.3, 0.4) is 0 Å². The van der Waals surface area contributed by atoms with Gasteiger partial charge in [-0.2, -0.15) is 0 Å². The zero-order valence-corrected chi connectivity index (χ0v) is 10.5. The molecule has 0 aromatic heterocycles. The van der Waals surface area contributed by atoms with E-state index in [1.54, 1.807) is 0 Å². The highest BCUT2D eigenvalue weighted by Gasteiger charge is 2.31. The lowest BCUT2D eigenvalue weighted by Gasteiger charge is -2.06. The predicted octanol–water partition coefficient (Wildman–Crippen LogP) is 0.900. The number of ether oxygens (including phenoxy) is 1. The van der Waals surface area contributed by atoms with Crippen molar-refractivity contribution < 1.29 is 9.53 Å². The molecule has 1 aromatic rings. The van der Waals surface area contributed by atoms with E-state index in [1.165, 1.54) is 5.56 Å². The molecular weight excluding hydrogens is 242 g/mol. The van der Waals surface area contributed by atoms with Gasteiger partial charge in [0.15, 0.2) is 12.0 Å². The largest absolute Gasteiger partial charge is 0.493 e. The summed E-state index contributed by atoms with van der Waals surface area (Å²) in [6.45, 7) is 0.730. The van der Waals surface area contributed by atoms with Crippen LogP contribution in [0.4, 0.5) is 0 Å². The molecule has 2 aliphatic heterocycles. The summed E-state index contributed by atoms with van der Waals surface area (Å²) in [5.41, 5.74) is 2.11. The molecule has 19 heavy (non-hydrogen) atoms. The van der Waals surface area contributed by atoms with Gasteiger partial charge in [0, 0.05) is 12.5 Å². The van der Waals surface area contributed by atoms with Crippen molar-refractivity contribution in [3.05, 3.63) is 29.3 Å². The summed E-state index contributed by atoms with van der Waals surface area (Å²) in [6, 6.07) is 5.97. The molecule has 1 saturated carbocycles.